The van der Waals surface area contributed by atoms with Crippen LogP contribution < -0.4 is 4.74 Å². The largest absolute Gasteiger partial charge is 0.490 e. The summed E-state index contributed by atoms with van der Waals surface area (Å²) in [5, 5.41) is 10.3. The molecule has 2 unspecified atom stereocenters. The number of aliphatic hydroxyl groups is 1. The topological polar surface area (TPSA) is 41.9 Å². The van der Waals surface area contributed by atoms with Crippen molar-refractivity contribution in [2.75, 3.05) is 32.9 Å². The highest BCUT2D eigenvalue weighted by Gasteiger charge is 2.34. The SMILES string of the molecule is Cc1ccc2c(c1)C(N1CCOCC1)C(O)CO2. The minimum Gasteiger partial charge on any atom is -0.490 e. The molecular formula is C14H19NO3. The van der Waals surface area contributed by atoms with Crippen LogP contribution >= 0.6 is 0 Å². The van der Waals surface area contributed by atoms with E-state index < -0.39 is 6.10 Å². The second kappa shape index (κ2) is 4.88. The van der Waals surface area contributed by atoms with E-state index in [1.54, 1.807) is 0 Å². The Kier molecular flexibility index (Phi) is 3.24. The van der Waals surface area contributed by atoms with E-state index in [1.807, 2.05) is 12.1 Å². The highest BCUT2D eigenvalue weighted by Crippen LogP contribution is 2.37. The molecule has 0 saturated carbocycles. The molecule has 4 heteroatoms. The van der Waals surface area contributed by atoms with E-state index >= 15 is 0 Å². The standard InChI is InChI=1S/C14H19NO3/c1-10-2-3-13-11(8-10)14(12(16)9-18-13)15-4-6-17-7-5-15/h2-3,8,12,14,16H,4-7,9H2,1H3. The molecule has 0 amide bonds. The van der Waals surface area contributed by atoms with Crippen molar-refractivity contribution in [3.8, 4) is 5.75 Å². The van der Waals surface area contributed by atoms with E-state index in [1.165, 1.54) is 5.56 Å². The molecule has 1 aromatic carbocycles. The van der Waals surface area contributed by atoms with Gasteiger partial charge in [-0.15, -0.1) is 0 Å². The number of morpholine rings is 1. The predicted octanol–water partition coefficient (Wildman–Crippen LogP) is 1.12. The van der Waals surface area contributed by atoms with E-state index in [0.29, 0.717) is 6.61 Å². The van der Waals surface area contributed by atoms with Crippen LogP contribution in [-0.4, -0.2) is 49.0 Å². The summed E-state index contributed by atoms with van der Waals surface area (Å²) in [6.07, 6.45) is -0.461. The summed E-state index contributed by atoms with van der Waals surface area (Å²) in [6.45, 7) is 5.66. The van der Waals surface area contributed by atoms with Gasteiger partial charge in [0.25, 0.3) is 0 Å². The van der Waals surface area contributed by atoms with Gasteiger partial charge in [0.15, 0.2) is 0 Å². The summed E-state index contributed by atoms with van der Waals surface area (Å²) in [7, 11) is 0. The van der Waals surface area contributed by atoms with Crippen LogP contribution in [0.15, 0.2) is 18.2 Å². The first-order valence-electron chi connectivity index (χ1n) is 6.49. The van der Waals surface area contributed by atoms with Crippen LogP contribution in [0.4, 0.5) is 0 Å². The Morgan fingerprint density at radius 2 is 2.06 bits per heavy atom. The number of nitrogens with zero attached hydrogens (tertiary/aromatic N) is 1. The van der Waals surface area contributed by atoms with Gasteiger partial charge >= 0.3 is 0 Å². The molecule has 4 nitrogen and oxygen atoms in total. The maximum Gasteiger partial charge on any atom is 0.124 e. The molecule has 2 heterocycles. The average Bonchev–Trinajstić information content (AvgIpc) is 2.39. The zero-order valence-electron chi connectivity index (χ0n) is 10.6. The number of hydrogen-bond acceptors (Lipinski definition) is 4. The molecule has 98 valence electrons. The van der Waals surface area contributed by atoms with Gasteiger partial charge in [0.2, 0.25) is 0 Å². The number of hydrogen-bond donors (Lipinski definition) is 1. The molecule has 0 aromatic heterocycles. The molecule has 0 spiro atoms. The van der Waals surface area contributed by atoms with Crippen LogP contribution in [0.1, 0.15) is 17.2 Å². The van der Waals surface area contributed by atoms with Gasteiger partial charge in [-0.2, -0.15) is 0 Å². The Morgan fingerprint density at radius 1 is 1.28 bits per heavy atom. The zero-order valence-corrected chi connectivity index (χ0v) is 10.6. The van der Waals surface area contributed by atoms with Gasteiger partial charge in [-0.25, -0.2) is 0 Å². The van der Waals surface area contributed by atoms with Gasteiger partial charge in [-0.1, -0.05) is 17.7 Å². The summed E-state index contributed by atoms with van der Waals surface area (Å²) in [4.78, 5) is 2.30. The molecule has 2 atom stereocenters. The molecule has 0 bridgehead atoms. The lowest BCUT2D eigenvalue weighted by atomic mass is 9.95. The Hall–Kier alpha value is -1.10. The minimum atomic E-state index is -0.461. The number of aliphatic hydroxyl groups excluding tert-OH is 1. The van der Waals surface area contributed by atoms with Crippen molar-refractivity contribution in [3.63, 3.8) is 0 Å². The average molecular weight is 249 g/mol. The molecule has 1 aromatic rings. The maximum absolute atomic E-state index is 10.3. The van der Waals surface area contributed by atoms with Crippen molar-refractivity contribution in [2.45, 2.75) is 19.1 Å². The second-order valence-electron chi connectivity index (χ2n) is 5.01. The minimum absolute atomic E-state index is 0.0394. The number of benzene rings is 1. The molecule has 2 aliphatic rings. The van der Waals surface area contributed by atoms with Crippen molar-refractivity contribution < 1.29 is 14.6 Å². The van der Waals surface area contributed by atoms with Gasteiger partial charge < -0.3 is 14.6 Å². The van der Waals surface area contributed by atoms with E-state index in [2.05, 4.69) is 17.9 Å². The van der Waals surface area contributed by atoms with Crippen LogP contribution in [0.25, 0.3) is 0 Å². The van der Waals surface area contributed by atoms with Crippen molar-refractivity contribution in [1.29, 1.82) is 0 Å². The quantitative estimate of drug-likeness (QED) is 0.810. The van der Waals surface area contributed by atoms with Crippen molar-refractivity contribution in [2.24, 2.45) is 0 Å². The highest BCUT2D eigenvalue weighted by atomic mass is 16.5. The lowest BCUT2D eigenvalue weighted by molar-refractivity contribution is -0.0443. The Morgan fingerprint density at radius 3 is 2.83 bits per heavy atom. The molecular weight excluding hydrogens is 230 g/mol. The van der Waals surface area contributed by atoms with Crippen molar-refractivity contribution >= 4 is 0 Å². The Balaban J connectivity index is 1.95. The smallest absolute Gasteiger partial charge is 0.124 e. The fourth-order valence-corrected chi connectivity index (χ4v) is 2.80. The van der Waals surface area contributed by atoms with Crippen LogP contribution in [-0.2, 0) is 4.74 Å². The molecule has 1 N–H and O–H groups in total. The van der Waals surface area contributed by atoms with E-state index in [0.717, 1.165) is 37.6 Å². The number of ether oxygens (including phenoxy) is 2. The molecule has 0 aliphatic carbocycles. The number of fused-ring (bicyclic) bond motifs is 1. The Labute approximate surface area is 107 Å². The van der Waals surface area contributed by atoms with Gasteiger partial charge in [-0.3, -0.25) is 4.90 Å². The fraction of sp³-hybridized carbons (Fsp3) is 0.571. The Bertz CT molecular complexity index is 429. The van der Waals surface area contributed by atoms with E-state index in [-0.39, 0.29) is 6.04 Å². The number of aryl methyl sites for hydroxylation is 1. The van der Waals surface area contributed by atoms with Crippen LogP contribution in [0.2, 0.25) is 0 Å². The molecule has 1 fully saturated rings. The molecule has 3 rings (SSSR count). The maximum atomic E-state index is 10.3. The molecule has 18 heavy (non-hydrogen) atoms. The van der Waals surface area contributed by atoms with Crippen LogP contribution in [0.3, 0.4) is 0 Å². The van der Waals surface area contributed by atoms with Crippen LogP contribution in [0.5, 0.6) is 5.75 Å². The lowest BCUT2D eigenvalue weighted by Crippen LogP contribution is -2.47. The number of rotatable bonds is 1. The monoisotopic (exact) mass is 249 g/mol. The highest BCUT2D eigenvalue weighted by molar-refractivity contribution is 5.41. The lowest BCUT2D eigenvalue weighted by Gasteiger charge is -2.40. The molecule has 0 radical (unpaired) electrons. The molecule has 2 aliphatic heterocycles. The normalized spacial score (nSPS) is 28.6. The van der Waals surface area contributed by atoms with Crippen LogP contribution in [0, 0.1) is 6.92 Å². The van der Waals surface area contributed by atoms with Gasteiger partial charge in [0.1, 0.15) is 18.5 Å². The first-order valence-corrected chi connectivity index (χ1v) is 6.49. The zero-order chi connectivity index (χ0) is 12.5. The van der Waals surface area contributed by atoms with Gasteiger partial charge in [0.05, 0.1) is 19.3 Å². The summed E-state index contributed by atoms with van der Waals surface area (Å²) in [5.74, 6) is 0.905. The van der Waals surface area contributed by atoms with Gasteiger partial charge in [0, 0.05) is 18.7 Å². The summed E-state index contributed by atoms with van der Waals surface area (Å²) < 4.78 is 11.0. The van der Waals surface area contributed by atoms with Gasteiger partial charge in [-0.05, 0) is 13.0 Å². The third kappa shape index (κ3) is 2.11. The second-order valence-corrected chi connectivity index (χ2v) is 5.01. The van der Waals surface area contributed by atoms with Crippen molar-refractivity contribution in [3.05, 3.63) is 29.3 Å². The predicted molar refractivity (Wildman–Crippen MR) is 67.8 cm³/mol. The first kappa shape index (κ1) is 12.0. The third-order valence-corrected chi connectivity index (χ3v) is 3.70. The fourth-order valence-electron chi connectivity index (χ4n) is 2.80. The summed E-state index contributed by atoms with van der Waals surface area (Å²) in [6, 6.07) is 6.21. The summed E-state index contributed by atoms with van der Waals surface area (Å²) >= 11 is 0. The van der Waals surface area contributed by atoms with E-state index in [4.69, 9.17) is 9.47 Å². The van der Waals surface area contributed by atoms with Crippen molar-refractivity contribution in [1.82, 2.24) is 4.90 Å². The summed E-state index contributed by atoms with van der Waals surface area (Å²) in [5.41, 5.74) is 2.31. The third-order valence-electron chi connectivity index (χ3n) is 3.70. The van der Waals surface area contributed by atoms with E-state index in [9.17, 15) is 5.11 Å². The molecule has 1 saturated heterocycles. The first-order chi connectivity index (χ1) is 8.75.